The summed E-state index contributed by atoms with van der Waals surface area (Å²) in [7, 11) is 0. The van der Waals surface area contributed by atoms with Crippen LogP contribution in [-0.2, 0) is 4.79 Å². The standard InChI is InChI=1S/C21H18N6O2S/c22-18-20(27-26-17(28)12-29-15-8-2-1-3-9-15)24-13-25-21(18)30-16-10-4-6-14-7-5-11-23-19(14)16/h1-11,13H,12,22H2,(H,26,28)(H,24,25,27). The van der Waals surface area contributed by atoms with Crippen LogP contribution in [-0.4, -0.2) is 27.5 Å². The second kappa shape index (κ2) is 9.10. The van der Waals surface area contributed by atoms with E-state index in [1.807, 2.05) is 48.5 Å². The van der Waals surface area contributed by atoms with E-state index in [9.17, 15) is 4.79 Å². The number of nitrogen functional groups attached to an aromatic ring is 1. The predicted octanol–water partition coefficient (Wildman–Crippen LogP) is 3.28. The van der Waals surface area contributed by atoms with Gasteiger partial charge in [-0.25, -0.2) is 9.97 Å². The molecule has 1 amide bonds. The molecule has 0 bridgehead atoms. The highest BCUT2D eigenvalue weighted by molar-refractivity contribution is 7.99. The Labute approximate surface area is 176 Å². The Morgan fingerprint density at radius 3 is 2.70 bits per heavy atom. The number of aromatic nitrogens is 3. The van der Waals surface area contributed by atoms with Gasteiger partial charge in [-0.05, 0) is 24.3 Å². The lowest BCUT2D eigenvalue weighted by Gasteiger charge is -2.12. The monoisotopic (exact) mass is 418 g/mol. The number of hydrazine groups is 1. The average molecular weight is 418 g/mol. The molecule has 4 aromatic rings. The van der Waals surface area contributed by atoms with Crippen molar-refractivity contribution in [2.75, 3.05) is 17.8 Å². The zero-order valence-corrected chi connectivity index (χ0v) is 16.6. The molecule has 8 nitrogen and oxygen atoms in total. The Bertz CT molecular complexity index is 1170. The van der Waals surface area contributed by atoms with Gasteiger partial charge in [0.05, 0.1) is 5.52 Å². The molecule has 2 aromatic heterocycles. The van der Waals surface area contributed by atoms with Gasteiger partial charge in [-0.3, -0.25) is 20.6 Å². The number of carbonyl (C=O) groups excluding carboxylic acids is 1. The maximum atomic E-state index is 12.0. The van der Waals surface area contributed by atoms with E-state index in [1.165, 1.54) is 18.1 Å². The van der Waals surface area contributed by atoms with Crippen molar-refractivity contribution in [1.82, 2.24) is 20.4 Å². The van der Waals surface area contributed by atoms with Crippen molar-refractivity contribution in [3.05, 3.63) is 73.2 Å². The highest BCUT2D eigenvalue weighted by Crippen LogP contribution is 2.35. The first-order valence-electron chi connectivity index (χ1n) is 9.05. The van der Waals surface area contributed by atoms with E-state index in [1.54, 1.807) is 18.3 Å². The molecule has 0 fully saturated rings. The van der Waals surface area contributed by atoms with Crippen molar-refractivity contribution in [3.8, 4) is 5.75 Å². The number of amides is 1. The molecular weight excluding hydrogens is 400 g/mol. The second-order valence-corrected chi connectivity index (χ2v) is 7.18. The van der Waals surface area contributed by atoms with Crippen molar-refractivity contribution in [2.24, 2.45) is 0 Å². The van der Waals surface area contributed by atoms with Crippen molar-refractivity contribution < 1.29 is 9.53 Å². The van der Waals surface area contributed by atoms with Gasteiger partial charge in [0.25, 0.3) is 5.91 Å². The third-order valence-corrected chi connectivity index (χ3v) is 5.15. The Morgan fingerprint density at radius 1 is 1.00 bits per heavy atom. The Balaban J connectivity index is 1.42. The Hall–Kier alpha value is -3.85. The van der Waals surface area contributed by atoms with Gasteiger partial charge in [0.15, 0.2) is 12.4 Å². The number of benzene rings is 2. The summed E-state index contributed by atoms with van der Waals surface area (Å²) >= 11 is 1.38. The summed E-state index contributed by atoms with van der Waals surface area (Å²) in [6, 6.07) is 18.9. The smallest absolute Gasteiger partial charge is 0.276 e. The third kappa shape index (κ3) is 4.58. The van der Waals surface area contributed by atoms with Gasteiger partial charge < -0.3 is 10.5 Å². The van der Waals surface area contributed by atoms with E-state index >= 15 is 0 Å². The number of hydrogen-bond donors (Lipinski definition) is 3. The molecule has 30 heavy (non-hydrogen) atoms. The minimum Gasteiger partial charge on any atom is -0.484 e. The fourth-order valence-corrected chi connectivity index (χ4v) is 3.58. The summed E-state index contributed by atoms with van der Waals surface area (Å²) in [5, 5.41) is 1.58. The minimum absolute atomic E-state index is 0.148. The summed E-state index contributed by atoms with van der Waals surface area (Å²) < 4.78 is 5.40. The molecule has 0 spiro atoms. The van der Waals surface area contributed by atoms with Gasteiger partial charge in [-0.15, -0.1) is 0 Å². The number of carbonyl (C=O) groups is 1. The van der Waals surface area contributed by atoms with Crippen molar-refractivity contribution in [2.45, 2.75) is 9.92 Å². The molecule has 0 radical (unpaired) electrons. The number of ether oxygens (including phenoxy) is 1. The molecule has 2 aromatic carbocycles. The number of nitrogens with two attached hydrogens (primary N) is 1. The van der Waals surface area contributed by atoms with Crippen molar-refractivity contribution in [3.63, 3.8) is 0 Å². The highest BCUT2D eigenvalue weighted by atomic mass is 32.2. The van der Waals surface area contributed by atoms with Gasteiger partial charge in [-0.1, -0.05) is 48.2 Å². The summed E-state index contributed by atoms with van der Waals surface area (Å²) in [6.45, 7) is -0.148. The number of nitrogens with one attached hydrogen (secondary N) is 2. The SMILES string of the molecule is Nc1c(NNC(=O)COc2ccccc2)ncnc1Sc1cccc2cccnc12. The minimum atomic E-state index is -0.371. The maximum Gasteiger partial charge on any atom is 0.276 e. The summed E-state index contributed by atoms with van der Waals surface area (Å²) in [6.07, 6.45) is 3.13. The first kappa shape index (κ1) is 19.5. The molecule has 0 aliphatic carbocycles. The first-order chi connectivity index (χ1) is 14.7. The number of anilines is 2. The normalized spacial score (nSPS) is 10.5. The van der Waals surface area contributed by atoms with Gasteiger partial charge in [0, 0.05) is 16.5 Å². The number of pyridine rings is 1. The molecule has 0 saturated carbocycles. The maximum absolute atomic E-state index is 12.0. The molecular formula is C21H18N6O2S. The largest absolute Gasteiger partial charge is 0.484 e. The van der Waals surface area contributed by atoms with Crippen LogP contribution in [0.1, 0.15) is 0 Å². The van der Waals surface area contributed by atoms with Crippen LogP contribution in [0, 0.1) is 0 Å². The lowest BCUT2D eigenvalue weighted by Crippen LogP contribution is -2.34. The van der Waals surface area contributed by atoms with Gasteiger partial charge in [0.2, 0.25) is 0 Å². The molecule has 0 aliphatic rings. The number of rotatable bonds is 7. The highest BCUT2D eigenvalue weighted by Gasteiger charge is 2.13. The topological polar surface area (TPSA) is 115 Å². The zero-order valence-electron chi connectivity index (χ0n) is 15.8. The summed E-state index contributed by atoms with van der Waals surface area (Å²) in [5.41, 5.74) is 12.7. The van der Waals surface area contributed by atoms with E-state index in [0.29, 0.717) is 22.3 Å². The van der Waals surface area contributed by atoms with Gasteiger partial charge in [0.1, 0.15) is 22.8 Å². The van der Waals surface area contributed by atoms with Gasteiger partial charge >= 0.3 is 0 Å². The van der Waals surface area contributed by atoms with Crippen LogP contribution in [0.4, 0.5) is 11.5 Å². The van der Waals surface area contributed by atoms with Crippen molar-refractivity contribution in [1.29, 1.82) is 0 Å². The van der Waals surface area contributed by atoms with E-state index in [0.717, 1.165) is 15.8 Å². The summed E-state index contributed by atoms with van der Waals surface area (Å²) in [4.78, 5) is 25.8. The van der Waals surface area contributed by atoms with Crippen molar-refractivity contribution >= 4 is 40.1 Å². The zero-order chi connectivity index (χ0) is 20.8. The molecule has 0 aliphatic heterocycles. The fourth-order valence-electron chi connectivity index (χ4n) is 2.65. The van der Waals surface area contributed by atoms with Crippen LogP contribution >= 0.6 is 11.8 Å². The predicted molar refractivity (Wildman–Crippen MR) is 116 cm³/mol. The lowest BCUT2D eigenvalue weighted by atomic mass is 10.2. The number of hydrogen-bond acceptors (Lipinski definition) is 8. The molecule has 2 heterocycles. The quantitative estimate of drug-likeness (QED) is 0.309. The number of nitrogens with zero attached hydrogens (tertiary/aromatic N) is 3. The average Bonchev–Trinajstić information content (AvgIpc) is 2.79. The molecule has 9 heteroatoms. The first-order valence-corrected chi connectivity index (χ1v) is 9.87. The van der Waals surface area contributed by atoms with Crippen LogP contribution < -0.4 is 21.3 Å². The van der Waals surface area contributed by atoms with Crippen LogP contribution in [0.5, 0.6) is 5.75 Å². The lowest BCUT2D eigenvalue weighted by molar-refractivity contribution is -0.122. The van der Waals surface area contributed by atoms with Crippen LogP contribution in [0.3, 0.4) is 0 Å². The van der Waals surface area contributed by atoms with Gasteiger partial charge in [-0.2, -0.15) is 0 Å². The van der Waals surface area contributed by atoms with E-state index in [2.05, 4.69) is 25.8 Å². The molecule has 150 valence electrons. The second-order valence-electron chi connectivity index (χ2n) is 6.15. The van der Waals surface area contributed by atoms with E-state index < -0.39 is 0 Å². The van der Waals surface area contributed by atoms with Crippen LogP contribution in [0.2, 0.25) is 0 Å². The van der Waals surface area contributed by atoms with E-state index in [-0.39, 0.29) is 12.5 Å². The molecule has 0 atom stereocenters. The Kier molecular flexibility index (Phi) is 5.90. The molecule has 0 unspecified atom stereocenters. The number of fused-ring (bicyclic) bond motifs is 1. The summed E-state index contributed by atoms with van der Waals surface area (Å²) in [5.74, 6) is 0.537. The fraction of sp³-hybridized carbons (Fsp3) is 0.0476. The molecule has 4 rings (SSSR count). The third-order valence-electron chi connectivity index (χ3n) is 4.08. The number of para-hydroxylation sites is 2. The Morgan fingerprint density at radius 2 is 1.83 bits per heavy atom. The van der Waals surface area contributed by atoms with E-state index in [4.69, 9.17) is 10.5 Å². The van der Waals surface area contributed by atoms with Crippen LogP contribution in [0.25, 0.3) is 10.9 Å². The molecule has 4 N–H and O–H groups in total. The molecule has 0 saturated heterocycles. The van der Waals surface area contributed by atoms with Crippen LogP contribution in [0.15, 0.2) is 83.1 Å².